The van der Waals surface area contributed by atoms with Gasteiger partial charge in [0.05, 0.1) is 21.6 Å². The van der Waals surface area contributed by atoms with Crippen molar-refractivity contribution in [3.8, 4) is 17.1 Å². The van der Waals surface area contributed by atoms with E-state index in [-0.39, 0.29) is 15.8 Å². The quantitative estimate of drug-likeness (QED) is 0.601. The summed E-state index contributed by atoms with van der Waals surface area (Å²) < 4.78 is 0.604. The Bertz CT molecular complexity index is 753. The number of benzene rings is 2. The molecule has 3 aromatic rings. The highest BCUT2D eigenvalue weighted by atomic mass is 79.9. The van der Waals surface area contributed by atoms with Gasteiger partial charge in [0.1, 0.15) is 16.6 Å². The molecule has 0 radical (unpaired) electrons. The zero-order valence-electron chi connectivity index (χ0n) is 9.42. The van der Waals surface area contributed by atoms with E-state index in [9.17, 15) is 5.11 Å². The Morgan fingerprint density at radius 1 is 1.16 bits per heavy atom. The normalized spacial score (nSPS) is 11.1. The fraction of sp³-hybridized carbons (Fsp3) is 0. The van der Waals surface area contributed by atoms with Gasteiger partial charge in [0.15, 0.2) is 0 Å². The summed E-state index contributed by atoms with van der Waals surface area (Å²) in [6.45, 7) is 0. The van der Waals surface area contributed by atoms with E-state index in [2.05, 4.69) is 25.9 Å². The van der Waals surface area contributed by atoms with Gasteiger partial charge in [-0.15, -0.1) is 0 Å². The number of aromatic amines is 1. The number of phenols is 1. The summed E-state index contributed by atoms with van der Waals surface area (Å²) in [5.74, 6) is 0.451. The maximum absolute atomic E-state index is 10.1. The largest absolute Gasteiger partial charge is 0.506 e. The molecule has 0 fully saturated rings. The van der Waals surface area contributed by atoms with Crippen LogP contribution in [-0.2, 0) is 0 Å². The molecule has 0 unspecified atom stereocenters. The van der Waals surface area contributed by atoms with Gasteiger partial charge in [0.2, 0.25) is 0 Å². The minimum Gasteiger partial charge on any atom is -0.506 e. The number of rotatable bonds is 1. The second kappa shape index (κ2) is 4.71. The van der Waals surface area contributed by atoms with Crippen LogP contribution in [0.4, 0.5) is 0 Å². The number of nitrogens with zero attached hydrogens (tertiary/aromatic N) is 1. The molecule has 0 saturated heterocycles. The van der Waals surface area contributed by atoms with E-state index in [1.54, 1.807) is 6.07 Å². The molecule has 0 bridgehead atoms. The standard InChI is InChI=1S/C13H7BrCl2N2O/c14-7-5-6(12(19)11(16)10(7)15)13-17-8-3-1-2-4-9(8)18-13/h1-5,19H,(H,17,18). The fourth-order valence-corrected chi connectivity index (χ4v) is 2.74. The third-order valence-corrected chi connectivity index (χ3v) is 4.49. The highest BCUT2D eigenvalue weighted by molar-refractivity contribution is 9.10. The number of aromatic hydroxyl groups is 1. The van der Waals surface area contributed by atoms with Crippen LogP contribution in [0.1, 0.15) is 0 Å². The van der Waals surface area contributed by atoms with Crippen molar-refractivity contribution in [1.82, 2.24) is 9.97 Å². The van der Waals surface area contributed by atoms with Crippen LogP contribution in [0.5, 0.6) is 5.75 Å². The van der Waals surface area contributed by atoms with Crippen molar-refractivity contribution in [3.63, 3.8) is 0 Å². The molecular weight excluding hydrogens is 351 g/mol. The number of imidazole rings is 1. The summed E-state index contributed by atoms with van der Waals surface area (Å²) in [6.07, 6.45) is 0. The first-order valence-corrected chi connectivity index (χ1v) is 6.94. The number of H-pyrrole nitrogens is 1. The summed E-state index contributed by atoms with van der Waals surface area (Å²) >= 11 is 15.2. The van der Waals surface area contributed by atoms with E-state index in [1.165, 1.54) is 0 Å². The van der Waals surface area contributed by atoms with Crippen molar-refractivity contribution in [2.45, 2.75) is 0 Å². The third kappa shape index (κ3) is 2.10. The van der Waals surface area contributed by atoms with Gasteiger partial charge in [0.25, 0.3) is 0 Å². The lowest BCUT2D eigenvalue weighted by atomic mass is 10.2. The Balaban J connectivity index is 2.27. The zero-order chi connectivity index (χ0) is 13.6. The number of hydrogen-bond donors (Lipinski definition) is 2. The maximum atomic E-state index is 10.1. The number of aromatic nitrogens is 2. The van der Waals surface area contributed by atoms with Crippen LogP contribution in [0.2, 0.25) is 10.0 Å². The Morgan fingerprint density at radius 2 is 1.89 bits per heavy atom. The molecule has 0 spiro atoms. The number of hydrogen-bond acceptors (Lipinski definition) is 2. The summed E-state index contributed by atoms with van der Waals surface area (Å²) in [4.78, 5) is 7.55. The first kappa shape index (κ1) is 12.8. The number of nitrogens with one attached hydrogen (secondary N) is 1. The van der Waals surface area contributed by atoms with Crippen molar-refractivity contribution in [1.29, 1.82) is 0 Å². The average Bonchev–Trinajstić information content (AvgIpc) is 2.84. The number of fused-ring (bicyclic) bond motifs is 1. The topological polar surface area (TPSA) is 48.9 Å². The minimum absolute atomic E-state index is 0.0890. The smallest absolute Gasteiger partial charge is 0.146 e. The van der Waals surface area contributed by atoms with Crippen molar-refractivity contribution in [3.05, 3.63) is 44.8 Å². The van der Waals surface area contributed by atoms with Gasteiger partial charge in [0, 0.05) is 4.47 Å². The van der Waals surface area contributed by atoms with Crippen LogP contribution in [0.15, 0.2) is 34.8 Å². The predicted octanol–water partition coefficient (Wildman–Crippen LogP) is 5.00. The molecule has 1 heterocycles. The summed E-state index contributed by atoms with van der Waals surface area (Å²) in [6, 6.07) is 9.29. The molecule has 0 aliphatic rings. The lowest BCUT2D eigenvalue weighted by Crippen LogP contribution is -1.85. The van der Waals surface area contributed by atoms with Crippen LogP contribution < -0.4 is 0 Å². The van der Waals surface area contributed by atoms with Crippen LogP contribution in [-0.4, -0.2) is 15.1 Å². The summed E-state index contributed by atoms with van der Waals surface area (Å²) in [5.41, 5.74) is 2.20. The fourth-order valence-electron chi connectivity index (χ4n) is 1.85. The van der Waals surface area contributed by atoms with Gasteiger partial charge < -0.3 is 10.1 Å². The molecule has 1 aromatic heterocycles. The van der Waals surface area contributed by atoms with Crippen molar-refractivity contribution >= 4 is 50.2 Å². The second-order valence-corrected chi connectivity index (χ2v) is 5.60. The molecule has 0 atom stereocenters. The first-order valence-electron chi connectivity index (χ1n) is 5.39. The van der Waals surface area contributed by atoms with E-state index in [0.717, 1.165) is 11.0 Å². The van der Waals surface area contributed by atoms with Crippen LogP contribution in [0.25, 0.3) is 22.4 Å². The summed E-state index contributed by atoms with van der Waals surface area (Å²) in [5, 5.41) is 10.5. The molecule has 2 aromatic carbocycles. The van der Waals surface area contributed by atoms with Gasteiger partial charge >= 0.3 is 0 Å². The Kier molecular flexibility index (Phi) is 3.17. The molecule has 6 heteroatoms. The third-order valence-electron chi connectivity index (χ3n) is 2.78. The molecule has 3 nitrogen and oxygen atoms in total. The Hall–Kier alpha value is -1.23. The van der Waals surface area contributed by atoms with Crippen LogP contribution in [0.3, 0.4) is 0 Å². The molecule has 3 rings (SSSR count). The Morgan fingerprint density at radius 3 is 2.63 bits per heavy atom. The Labute approximate surface area is 127 Å². The van der Waals surface area contributed by atoms with Gasteiger partial charge in [-0.25, -0.2) is 4.98 Å². The number of halogens is 3. The van der Waals surface area contributed by atoms with Crippen molar-refractivity contribution < 1.29 is 5.11 Å². The first-order chi connectivity index (χ1) is 9.08. The van der Waals surface area contributed by atoms with Gasteiger partial charge in [-0.05, 0) is 34.1 Å². The maximum Gasteiger partial charge on any atom is 0.146 e. The highest BCUT2D eigenvalue weighted by Gasteiger charge is 2.17. The zero-order valence-corrected chi connectivity index (χ0v) is 12.5. The molecule has 0 saturated carbocycles. The van der Waals surface area contributed by atoms with Gasteiger partial charge in [-0.2, -0.15) is 0 Å². The van der Waals surface area contributed by atoms with E-state index in [4.69, 9.17) is 23.2 Å². The average molecular weight is 358 g/mol. The van der Waals surface area contributed by atoms with E-state index < -0.39 is 0 Å². The molecule has 0 aliphatic carbocycles. The van der Waals surface area contributed by atoms with E-state index in [0.29, 0.717) is 15.9 Å². The van der Waals surface area contributed by atoms with Gasteiger partial charge in [-0.3, -0.25) is 0 Å². The van der Waals surface area contributed by atoms with Crippen LogP contribution >= 0.6 is 39.1 Å². The highest BCUT2D eigenvalue weighted by Crippen LogP contribution is 2.43. The molecule has 2 N–H and O–H groups in total. The number of phenolic OH excluding ortho intramolecular Hbond substituents is 1. The predicted molar refractivity (Wildman–Crippen MR) is 80.9 cm³/mol. The number of para-hydroxylation sites is 2. The second-order valence-electron chi connectivity index (χ2n) is 3.99. The molecule has 0 aliphatic heterocycles. The van der Waals surface area contributed by atoms with E-state index in [1.807, 2.05) is 24.3 Å². The van der Waals surface area contributed by atoms with E-state index >= 15 is 0 Å². The van der Waals surface area contributed by atoms with Crippen LogP contribution in [0, 0.1) is 0 Å². The monoisotopic (exact) mass is 356 g/mol. The van der Waals surface area contributed by atoms with Crippen molar-refractivity contribution in [2.75, 3.05) is 0 Å². The molecule has 0 amide bonds. The molecule has 96 valence electrons. The van der Waals surface area contributed by atoms with Gasteiger partial charge in [-0.1, -0.05) is 35.3 Å². The SMILES string of the molecule is Oc1c(-c2nc3ccccc3[nH]2)cc(Br)c(Cl)c1Cl. The molecule has 19 heavy (non-hydrogen) atoms. The lowest BCUT2D eigenvalue weighted by molar-refractivity contribution is 0.477. The minimum atomic E-state index is -0.0890. The van der Waals surface area contributed by atoms with Crippen molar-refractivity contribution in [2.24, 2.45) is 0 Å². The molecular formula is C13H7BrCl2N2O. The summed E-state index contributed by atoms with van der Waals surface area (Å²) in [7, 11) is 0. The lowest BCUT2D eigenvalue weighted by Gasteiger charge is -2.07.